The van der Waals surface area contributed by atoms with Crippen LogP contribution in [0.1, 0.15) is 42.0 Å². The van der Waals surface area contributed by atoms with E-state index in [4.69, 9.17) is 20.7 Å². The van der Waals surface area contributed by atoms with E-state index in [1.165, 1.54) is 12.1 Å². The smallest absolute Gasteiger partial charge is 0.326 e. The summed E-state index contributed by atoms with van der Waals surface area (Å²) in [4.78, 5) is 31.0. The average molecular weight is 501 g/mol. The molecule has 1 aliphatic rings. The number of nitrogens with zero attached hydrogens (tertiary/aromatic N) is 3. The molecule has 2 N–H and O–H groups in total. The fourth-order valence-corrected chi connectivity index (χ4v) is 5.35. The lowest BCUT2D eigenvalue weighted by molar-refractivity contribution is -0.154. The first-order valence-corrected chi connectivity index (χ1v) is 12.4. The van der Waals surface area contributed by atoms with Crippen molar-refractivity contribution in [3.63, 3.8) is 0 Å². The number of hydroxylamine groups is 2. The van der Waals surface area contributed by atoms with Gasteiger partial charge in [-0.3, -0.25) is 20.3 Å². The molecule has 1 heterocycles. The Morgan fingerprint density at radius 3 is 2.57 bits per heavy atom. The molecule has 0 saturated carbocycles. The van der Waals surface area contributed by atoms with Crippen LogP contribution in [0.2, 0.25) is 0 Å². The standard InChI is InChI=1S/C24H28N4O6S/c1-16-5-4-6-21(11-16)35(31,32)28(26)23(24(30)33-3)13-19(29)12-20-14-22(27(2)34-20)18-9-7-17(15-25)8-10-18/h4-11,20,22-23H,12-14,26H2,1-3H3/t20-,22-,23+/m1/s1. The van der Waals surface area contributed by atoms with Crippen LogP contribution in [-0.2, 0) is 29.2 Å². The van der Waals surface area contributed by atoms with Gasteiger partial charge in [-0.1, -0.05) is 24.3 Å². The maximum Gasteiger partial charge on any atom is 0.326 e. The number of carbonyl (C=O) groups excluding carboxylic acids is 2. The van der Waals surface area contributed by atoms with Crippen LogP contribution in [0.4, 0.5) is 0 Å². The van der Waals surface area contributed by atoms with Gasteiger partial charge in [0.05, 0.1) is 35.8 Å². The second-order valence-corrected chi connectivity index (χ2v) is 10.2. The lowest BCUT2D eigenvalue weighted by atomic mass is 9.97. The first kappa shape index (κ1) is 26.5. The minimum Gasteiger partial charge on any atom is -0.468 e. The van der Waals surface area contributed by atoms with Crippen LogP contribution in [0.25, 0.3) is 0 Å². The summed E-state index contributed by atoms with van der Waals surface area (Å²) in [5, 5.41) is 10.6. The summed E-state index contributed by atoms with van der Waals surface area (Å²) in [6.07, 6.45) is -0.459. The van der Waals surface area contributed by atoms with Crippen molar-refractivity contribution in [3.8, 4) is 6.07 Å². The molecule has 0 bridgehead atoms. The molecule has 0 spiro atoms. The highest BCUT2D eigenvalue weighted by Crippen LogP contribution is 2.34. The number of ketones is 1. The third-order valence-corrected chi connectivity index (χ3v) is 7.55. The van der Waals surface area contributed by atoms with Crippen LogP contribution >= 0.6 is 0 Å². The summed E-state index contributed by atoms with van der Waals surface area (Å²) < 4.78 is 31.1. The Hall–Kier alpha value is -3.14. The van der Waals surface area contributed by atoms with E-state index < -0.39 is 40.3 Å². The first-order chi connectivity index (χ1) is 16.6. The molecule has 3 atom stereocenters. The Kier molecular flexibility index (Phi) is 8.37. The number of carbonyl (C=O) groups is 2. The van der Waals surface area contributed by atoms with Gasteiger partial charge in [0.1, 0.15) is 11.8 Å². The highest BCUT2D eigenvalue weighted by atomic mass is 32.2. The van der Waals surface area contributed by atoms with Crippen LogP contribution in [-0.4, -0.2) is 56.0 Å². The van der Waals surface area contributed by atoms with Crippen LogP contribution in [0.3, 0.4) is 0 Å². The number of methoxy groups -OCH3 is 1. The summed E-state index contributed by atoms with van der Waals surface area (Å²) in [7, 11) is -1.40. The van der Waals surface area contributed by atoms with Gasteiger partial charge in [0.2, 0.25) is 0 Å². The van der Waals surface area contributed by atoms with Crippen LogP contribution < -0.4 is 5.84 Å². The molecule has 11 heteroatoms. The van der Waals surface area contributed by atoms with Gasteiger partial charge in [0, 0.05) is 19.9 Å². The molecule has 2 aromatic carbocycles. The molecule has 0 unspecified atom stereocenters. The van der Waals surface area contributed by atoms with Crippen molar-refractivity contribution in [2.75, 3.05) is 14.2 Å². The highest BCUT2D eigenvalue weighted by Gasteiger charge is 2.38. The number of aryl methyl sites for hydroxylation is 1. The lowest BCUT2D eigenvalue weighted by Crippen LogP contribution is -2.51. The number of sulfonamides is 1. The van der Waals surface area contributed by atoms with Gasteiger partial charge in [-0.15, -0.1) is 4.41 Å². The maximum absolute atomic E-state index is 13.0. The monoisotopic (exact) mass is 500 g/mol. The van der Waals surface area contributed by atoms with Gasteiger partial charge in [0.25, 0.3) is 10.0 Å². The summed E-state index contributed by atoms with van der Waals surface area (Å²) in [6, 6.07) is 13.6. The minimum absolute atomic E-state index is 0.0387. The zero-order chi connectivity index (χ0) is 25.8. The largest absolute Gasteiger partial charge is 0.468 e. The third-order valence-electron chi connectivity index (χ3n) is 5.89. The molecule has 10 nitrogen and oxygen atoms in total. The molecule has 0 amide bonds. The van der Waals surface area contributed by atoms with Crippen molar-refractivity contribution in [2.24, 2.45) is 5.84 Å². The zero-order valence-electron chi connectivity index (χ0n) is 19.7. The van der Waals surface area contributed by atoms with E-state index in [-0.39, 0.29) is 17.4 Å². The van der Waals surface area contributed by atoms with Crippen LogP contribution in [0.5, 0.6) is 0 Å². The van der Waals surface area contributed by atoms with E-state index in [1.54, 1.807) is 43.3 Å². The number of hydrazine groups is 1. The van der Waals surface area contributed by atoms with Gasteiger partial charge >= 0.3 is 5.97 Å². The molecule has 0 radical (unpaired) electrons. The van der Waals surface area contributed by atoms with Gasteiger partial charge in [-0.25, -0.2) is 8.42 Å². The molecule has 3 rings (SSSR count). The number of nitrogens with two attached hydrogens (primary N) is 1. The maximum atomic E-state index is 13.0. The fourth-order valence-electron chi connectivity index (χ4n) is 4.03. The number of Topliss-reactive ketones (excluding diaryl/α,β-unsaturated/α-hetero) is 1. The second-order valence-electron chi connectivity index (χ2n) is 8.40. The van der Waals surface area contributed by atoms with Gasteiger partial charge < -0.3 is 4.74 Å². The van der Waals surface area contributed by atoms with Crippen molar-refractivity contribution in [1.29, 1.82) is 5.26 Å². The van der Waals surface area contributed by atoms with E-state index in [0.29, 0.717) is 22.0 Å². The van der Waals surface area contributed by atoms with Crippen molar-refractivity contribution < 1.29 is 27.6 Å². The number of hydrogen-bond acceptors (Lipinski definition) is 9. The van der Waals surface area contributed by atoms with Crippen molar-refractivity contribution in [2.45, 2.75) is 49.3 Å². The first-order valence-electron chi connectivity index (χ1n) is 10.9. The Labute approximate surface area is 204 Å². The Balaban J connectivity index is 1.70. The molecule has 35 heavy (non-hydrogen) atoms. The van der Waals surface area contributed by atoms with E-state index >= 15 is 0 Å². The average Bonchev–Trinajstić information content (AvgIpc) is 3.21. The predicted molar refractivity (Wildman–Crippen MR) is 126 cm³/mol. The number of benzene rings is 2. The Morgan fingerprint density at radius 1 is 1.29 bits per heavy atom. The third kappa shape index (κ3) is 6.11. The predicted octanol–water partition coefficient (Wildman–Crippen LogP) is 2.00. The molecule has 0 aromatic heterocycles. The summed E-state index contributed by atoms with van der Waals surface area (Å²) in [6.45, 7) is 1.73. The van der Waals surface area contributed by atoms with Crippen molar-refractivity contribution in [1.82, 2.24) is 9.48 Å². The SMILES string of the molecule is COC(=O)[C@H](CC(=O)C[C@@H]1C[C@H](c2ccc(C#N)cc2)N(C)O1)N(N)S(=O)(=O)c1cccc(C)c1. The highest BCUT2D eigenvalue weighted by molar-refractivity contribution is 7.89. The Morgan fingerprint density at radius 2 is 1.97 bits per heavy atom. The topological polar surface area (TPSA) is 143 Å². The minimum atomic E-state index is -4.25. The van der Waals surface area contributed by atoms with Gasteiger partial charge in [-0.05, 0) is 48.7 Å². The molecular weight excluding hydrogens is 472 g/mol. The summed E-state index contributed by atoms with van der Waals surface area (Å²) in [5.74, 6) is 4.56. The zero-order valence-corrected chi connectivity index (χ0v) is 20.6. The second kappa shape index (κ2) is 11.1. The van der Waals surface area contributed by atoms with Crippen LogP contribution in [0, 0.1) is 18.3 Å². The Bertz CT molecular complexity index is 1230. The van der Waals surface area contributed by atoms with Gasteiger partial charge in [-0.2, -0.15) is 10.3 Å². The lowest BCUT2D eigenvalue weighted by Gasteiger charge is -2.24. The number of nitriles is 1. The molecular formula is C24H28N4O6S. The van der Waals surface area contributed by atoms with E-state index in [0.717, 1.165) is 12.7 Å². The molecule has 1 fully saturated rings. The fraction of sp³-hybridized carbons (Fsp3) is 0.375. The van der Waals surface area contributed by atoms with Crippen molar-refractivity contribution in [3.05, 3.63) is 65.2 Å². The van der Waals surface area contributed by atoms with Crippen molar-refractivity contribution >= 4 is 21.8 Å². The van der Waals surface area contributed by atoms with E-state index in [2.05, 4.69) is 6.07 Å². The molecule has 186 valence electrons. The normalized spacial score (nSPS) is 19.3. The van der Waals surface area contributed by atoms with Gasteiger partial charge in [0.15, 0.2) is 0 Å². The molecule has 1 aliphatic heterocycles. The summed E-state index contributed by atoms with van der Waals surface area (Å²) in [5.41, 5.74) is 2.18. The number of esters is 1. The number of hydrogen-bond donors (Lipinski definition) is 1. The van der Waals surface area contributed by atoms with Crippen LogP contribution in [0.15, 0.2) is 53.4 Å². The molecule has 1 saturated heterocycles. The summed E-state index contributed by atoms with van der Waals surface area (Å²) >= 11 is 0. The number of rotatable bonds is 9. The van der Waals surface area contributed by atoms with E-state index in [9.17, 15) is 18.0 Å². The quantitative estimate of drug-likeness (QED) is 0.311. The molecule has 0 aliphatic carbocycles. The molecule has 2 aromatic rings. The van der Waals surface area contributed by atoms with E-state index in [1.807, 2.05) is 12.1 Å². The number of ether oxygens (including phenoxy) is 1.